The molecule has 0 N–H and O–H groups in total. The summed E-state index contributed by atoms with van der Waals surface area (Å²) >= 11 is 0. The number of benzene rings is 2. The Balaban J connectivity index is 1.62. The summed E-state index contributed by atoms with van der Waals surface area (Å²) in [5, 5.41) is 4.52. The van der Waals surface area contributed by atoms with Crippen LogP contribution < -0.4 is 0 Å². The first-order valence-electron chi connectivity index (χ1n) is 9.09. The van der Waals surface area contributed by atoms with Crippen LogP contribution in [0.25, 0.3) is 0 Å². The second-order valence-corrected chi connectivity index (χ2v) is 7.67. The lowest BCUT2D eigenvalue weighted by molar-refractivity contribution is -0.911. The molecule has 5 rings (SSSR count). The van der Waals surface area contributed by atoms with Gasteiger partial charge in [0.15, 0.2) is 6.10 Å². The van der Waals surface area contributed by atoms with Crippen molar-refractivity contribution < 1.29 is 18.1 Å². The first kappa shape index (κ1) is 17.2. The largest absolute Gasteiger partial charge is 0.383 e. The van der Waals surface area contributed by atoms with Gasteiger partial charge in [-0.3, -0.25) is 0 Å². The summed E-state index contributed by atoms with van der Waals surface area (Å²) in [5.41, 5.74) is 2.70. The van der Waals surface area contributed by atoms with Crippen molar-refractivity contribution in [1.82, 2.24) is 0 Å². The van der Waals surface area contributed by atoms with Gasteiger partial charge in [0.05, 0.1) is 20.1 Å². The molecule has 3 nitrogen and oxygen atoms in total. The molecule has 3 aliphatic heterocycles. The predicted molar refractivity (Wildman–Crippen MR) is 96.7 cm³/mol. The Hall–Kier alpha value is -2.27. The highest BCUT2D eigenvalue weighted by Gasteiger charge is 2.41. The molecule has 0 spiro atoms. The zero-order valence-electron chi connectivity index (χ0n) is 14.9. The third-order valence-electron chi connectivity index (χ3n) is 5.67. The first-order chi connectivity index (χ1) is 12.5. The fourth-order valence-electron chi connectivity index (χ4n) is 4.02. The lowest BCUT2D eigenvalue weighted by Gasteiger charge is -2.46. The minimum Gasteiger partial charge on any atom is -0.383 e. The zero-order chi connectivity index (χ0) is 18.1. The molecular weight excluding hydrogens is 334 g/mol. The lowest BCUT2D eigenvalue weighted by Crippen LogP contribution is -2.59. The van der Waals surface area contributed by atoms with Gasteiger partial charge < -0.3 is 9.32 Å². The summed E-state index contributed by atoms with van der Waals surface area (Å²) in [5.74, 6) is -0.0995. The third-order valence-corrected chi connectivity index (χ3v) is 5.67. The second kappa shape index (κ2) is 6.80. The summed E-state index contributed by atoms with van der Waals surface area (Å²) in [6.07, 6.45) is 1.82. The maximum absolute atomic E-state index is 13.3. The SMILES string of the molecule is C[N+]12CCC(CC1)/C(=N/OC(c1ccc(F)cc1)c1ccc(F)cc1)C2. The number of quaternary nitrogens is 1. The summed E-state index contributed by atoms with van der Waals surface area (Å²) in [6.45, 7) is 3.32. The zero-order valence-corrected chi connectivity index (χ0v) is 14.9. The van der Waals surface area contributed by atoms with Gasteiger partial charge in [-0.1, -0.05) is 29.4 Å². The molecule has 0 unspecified atom stereocenters. The molecule has 26 heavy (non-hydrogen) atoms. The minimum atomic E-state index is -0.482. The van der Waals surface area contributed by atoms with Crippen LogP contribution in [-0.2, 0) is 4.84 Å². The molecule has 3 aliphatic rings. The van der Waals surface area contributed by atoms with E-state index in [1.165, 1.54) is 37.4 Å². The molecule has 136 valence electrons. The Bertz CT molecular complexity index is 748. The smallest absolute Gasteiger partial charge is 0.177 e. The van der Waals surface area contributed by atoms with Gasteiger partial charge in [-0.2, -0.15) is 0 Å². The van der Waals surface area contributed by atoms with Gasteiger partial charge in [-0.15, -0.1) is 0 Å². The molecule has 0 aliphatic carbocycles. The van der Waals surface area contributed by atoms with Crippen molar-refractivity contribution >= 4 is 5.71 Å². The quantitative estimate of drug-likeness (QED) is 0.591. The molecule has 0 aromatic heterocycles. The van der Waals surface area contributed by atoms with Gasteiger partial charge in [-0.25, -0.2) is 8.78 Å². The van der Waals surface area contributed by atoms with E-state index in [9.17, 15) is 8.78 Å². The van der Waals surface area contributed by atoms with E-state index in [2.05, 4.69) is 12.2 Å². The van der Waals surface area contributed by atoms with Gasteiger partial charge in [-0.05, 0) is 35.4 Å². The van der Waals surface area contributed by atoms with E-state index < -0.39 is 6.10 Å². The van der Waals surface area contributed by atoms with Crippen molar-refractivity contribution in [2.24, 2.45) is 11.1 Å². The van der Waals surface area contributed by atoms with Crippen molar-refractivity contribution in [1.29, 1.82) is 0 Å². The summed E-state index contributed by atoms with van der Waals surface area (Å²) < 4.78 is 27.6. The number of hydrogen-bond acceptors (Lipinski definition) is 2. The highest BCUT2D eigenvalue weighted by Crippen LogP contribution is 2.32. The molecule has 0 amide bonds. The molecular formula is C21H23F2N2O+. The van der Waals surface area contributed by atoms with E-state index in [1.807, 2.05) is 0 Å². The topological polar surface area (TPSA) is 21.6 Å². The molecule has 3 fully saturated rings. The van der Waals surface area contributed by atoms with Crippen molar-refractivity contribution in [3.63, 3.8) is 0 Å². The van der Waals surface area contributed by atoms with E-state index in [-0.39, 0.29) is 11.6 Å². The average molecular weight is 357 g/mol. The molecule has 0 atom stereocenters. The van der Waals surface area contributed by atoms with Crippen LogP contribution in [0.3, 0.4) is 0 Å². The lowest BCUT2D eigenvalue weighted by atomic mass is 9.85. The normalized spacial score (nSPS) is 26.5. The number of fused-ring (bicyclic) bond motifs is 3. The average Bonchev–Trinajstić information content (AvgIpc) is 2.65. The van der Waals surface area contributed by atoms with Crippen molar-refractivity contribution in [3.05, 3.63) is 71.3 Å². The fourth-order valence-corrected chi connectivity index (χ4v) is 4.02. The Morgan fingerprint density at radius 1 is 0.923 bits per heavy atom. The van der Waals surface area contributed by atoms with Crippen molar-refractivity contribution in [3.8, 4) is 0 Å². The molecule has 2 aromatic carbocycles. The Morgan fingerprint density at radius 3 is 1.88 bits per heavy atom. The van der Waals surface area contributed by atoms with Crippen LogP contribution in [0.4, 0.5) is 8.78 Å². The van der Waals surface area contributed by atoms with Gasteiger partial charge in [0.25, 0.3) is 0 Å². The van der Waals surface area contributed by atoms with Crippen LogP contribution in [0.1, 0.15) is 30.1 Å². The molecule has 3 heterocycles. The third kappa shape index (κ3) is 3.49. The number of halogens is 2. The van der Waals surface area contributed by atoms with Gasteiger partial charge in [0, 0.05) is 18.8 Å². The first-order valence-corrected chi connectivity index (χ1v) is 9.09. The molecule has 2 aromatic rings. The van der Waals surface area contributed by atoms with Gasteiger partial charge >= 0.3 is 0 Å². The Labute approximate surface area is 152 Å². The predicted octanol–water partition coefficient (Wildman–Crippen LogP) is 4.30. The van der Waals surface area contributed by atoms with E-state index >= 15 is 0 Å². The monoisotopic (exact) mass is 357 g/mol. The number of oxime groups is 1. The van der Waals surface area contributed by atoms with Crippen LogP contribution >= 0.6 is 0 Å². The molecule has 0 saturated carbocycles. The number of hydrogen-bond donors (Lipinski definition) is 0. The maximum atomic E-state index is 13.3. The molecule has 0 radical (unpaired) electrons. The second-order valence-electron chi connectivity index (χ2n) is 7.67. The van der Waals surface area contributed by atoms with E-state index in [0.29, 0.717) is 5.92 Å². The van der Waals surface area contributed by atoms with E-state index in [0.717, 1.165) is 40.7 Å². The van der Waals surface area contributed by atoms with Crippen LogP contribution in [0.5, 0.6) is 0 Å². The fraction of sp³-hybridized carbons (Fsp3) is 0.381. The number of piperidine rings is 3. The van der Waals surface area contributed by atoms with E-state index in [4.69, 9.17) is 4.84 Å². The van der Waals surface area contributed by atoms with Crippen LogP contribution in [0.15, 0.2) is 53.7 Å². The van der Waals surface area contributed by atoms with Gasteiger partial charge in [0.1, 0.15) is 23.9 Å². The maximum Gasteiger partial charge on any atom is 0.177 e. The Kier molecular flexibility index (Phi) is 4.49. The van der Waals surface area contributed by atoms with Gasteiger partial charge in [0.2, 0.25) is 0 Å². The Morgan fingerprint density at radius 2 is 1.42 bits per heavy atom. The van der Waals surface area contributed by atoms with Crippen LogP contribution in [0.2, 0.25) is 0 Å². The molecule has 2 bridgehead atoms. The summed E-state index contributed by atoms with van der Waals surface area (Å²) in [7, 11) is 2.27. The van der Waals surface area contributed by atoms with Crippen molar-refractivity contribution in [2.75, 3.05) is 26.7 Å². The standard InChI is InChI=1S/C21H23F2N2O/c1-25-12-10-15(11-13-25)20(14-25)24-26-21(16-2-6-18(22)7-3-16)17-4-8-19(23)9-5-17/h2-9,15,21H,10-14H2,1H3/q+1/b24-20+. The van der Waals surface area contributed by atoms with Crippen molar-refractivity contribution in [2.45, 2.75) is 18.9 Å². The van der Waals surface area contributed by atoms with Crippen LogP contribution in [-0.4, -0.2) is 36.9 Å². The number of rotatable bonds is 4. The summed E-state index contributed by atoms with van der Waals surface area (Å²) in [4.78, 5) is 5.96. The highest BCUT2D eigenvalue weighted by atomic mass is 19.1. The van der Waals surface area contributed by atoms with E-state index in [1.54, 1.807) is 24.3 Å². The highest BCUT2D eigenvalue weighted by molar-refractivity contribution is 5.88. The number of nitrogens with zero attached hydrogens (tertiary/aromatic N) is 2. The molecule has 3 saturated heterocycles. The summed E-state index contributed by atoms with van der Waals surface area (Å²) in [6, 6.07) is 12.4. The molecule has 5 heteroatoms. The van der Waals surface area contributed by atoms with Crippen LogP contribution in [0, 0.1) is 17.6 Å². The minimum absolute atomic E-state index is 0.298.